The molecule has 1 aromatic carbocycles. The summed E-state index contributed by atoms with van der Waals surface area (Å²) in [5, 5.41) is 0. The van der Waals surface area contributed by atoms with Crippen LogP contribution in [0.2, 0.25) is 0 Å². The highest BCUT2D eigenvalue weighted by molar-refractivity contribution is 5.79. The molecule has 0 saturated carbocycles. The summed E-state index contributed by atoms with van der Waals surface area (Å²) in [7, 11) is 0. The Morgan fingerprint density at radius 1 is 0.875 bits per heavy atom. The van der Waals surface area contributed by atoms with Gasteiger partial charge in [0, 0.05) is 6.54 Å². The van der Waals surface area contributed by atoms with Gasteiger partial charge in [0.2, 0.25) is 0 Å². The van der Waals surface area contributed by atoms with Crippen molar-refractivity contribution in [3.63, 3.8) is 0 Å². The summed E-state index contributed by atoms with van der Waals surface area (Å²) in [5.74, 6) is 1.80. The summed E-state index contributed by atoms with van der Waals surface area (Å²) in [5.41, 5.74) is 2.25. The molecule has 0 aliphatic rings. The lowest BCUT2D eigenvalue weighted by atomic mass is 10.1. The monoisotopic (exact) mass is 324 g/mol. The minimum Gasteiger partial charge on any atom is -0.461 e. The Bertz CT molecular complexity index is 727. The lowest BCUT2D eigenvalue weighted by Crippen LogP contribution is -2.00. The van der Waals surface area contributed by atoms with E-state index in [4.69, 9.17) is 9.40 Å². The molecule has 0 radical (unpaired) electrons. The zero-order valence-corrected chi connectivity index (χ0v) is 14.7. The molecule has 0 spiro atoms. The molecule has 0 N–H and O–H groups in total. The van der Waals surface area contributed by atoms with Crippen molar-refractivity contribution in [1.29, 1.82) is 0 Å². The number of benzene rings is 1. The molecule has 0 bridgehead atoms. The van der Waals surface area contributed by atoms with E-state index in [1.54, 1.807) is 6.26 Å². The molecule has 0 amide bonds. The van der Waals surface area contributed by atoms with Crippen LogP contribution >= 0.6 is 0 Å². The number of unbranched alkanes of at least 4 members (excludes halogenated alkanes) is 7. The molecule has 3 rings (SSSR count). The van der Waals surface area contributed by atoms with E-state index < -0.39 is 0 Å². The van der Waals surface area contributed by atoms with Crippen LogP contribution in [0.25, 0.3) is 22.6 Å². The summed E-state index contributed by atoms with van der Waals surface area (Å²) in [6, 6.07) is 12.3. The highest BCUT2D eigenvalue weighted by Gasteiger charge is 2.13. The second-order valence-corrected chi connectivity index (χ2v) is 6.53. The lowest BCUT2D eigenvalue weighted by Gasteiger charge is -2.08. The van der Waals surface area contributed by atoms with E-state index in [2.05, 4.69) is 29.7 Å². The van der Waals surface area contributed by atoms with Crippen LogP contribution < -0.4 is 0 Å². The fraction of sp³-hybridized carbons (Fsp3) is 0.476. The van der Waals surface area contributed by atoms with Crippen LogP contribution in [0, 0.1) is 0 Å². The number of hydrogen-bond acceptors (Lipinski definition) is 2. The summed E-state index contributed by atoms with van der Waals surface area (Å²) in [4.78, 5) is 4.77. The molecule has 3 aromatic rings. The largest absolute Gasteiger partial charge is 0.461 e. The van der Waals surface area contributed by atoms with Crippen molar-refractivity contribution in [3.05, 3.63) is 42.7 Å². The summed E-state index contributed by atoms with van der Waals surface area (Å²) >= 11 is 0. The standard InChI is InChI=1S/C21H28N2O/c1-2-3-4-5-6-7-8-11-16-23-19-14-10-9-13-18(19)22-21(23)20-15-12-17-24-20/h9-10,12-15,17H,2-8,11,16H2,1H3. The van der Waals surface area contributed by atoms with Crippen molar-refractivity contribution < 1.29 is 4.42 Å². The number of para-hydroxylation sites is 2. The quantitative estimate of drug-likeness (QED) is 0.402. The van der Waals surface area contributed by atoms with Crippen molar-refractivity contribution >= 4 is 11.0 Å². The third kappa shape index (κ3) is 4.08. The van der Waals surface area contributed by atoms with E-state index in [1.807, 2.05) is 18.2 Å². The van der Waals surface area contributed by atoms with Gasteiger partial charge in [-0.3, -0.25) is 0 Å². The molecule has 2 aromatic heterocycles. The molecule has 0 aliphatic heterocycles. The van der Waals surface area contributed by atoms with Gasteiger partial charge in [-0.15, -0.1) is 0 Å². The van der Waals surface area contributed by atoms with Crippen LogP contribution in [0.1, 0.15) is 58.3 Å². The molecule has 0 saturated heterocycles. The third-order valence-electron chi connectivity index (χ3n) is 4.63. The molecule has 3 heteroatoms. The molecule has 0 atom stereocenters. The van der Waals surface area contributed by atoms with Gasteiger partial charge < -0.3 is 8.98 Å². The van der Waals surface area contributed by atoms with Crippen LogP contribution in [-0.4, -0.2) is 9.55 Å². The average molecular weight is 324 g/mol. The molecule has 0 aliphatic carbocycles. The molecule has 0 unspecified atom stereocenters. The van der Waals surface area contributed by atoms with Crippen molar-refractivity contribution in [2.24, 2.45) is 0 Å². The number of aryl methyl sites for hydroxylation is 1. The van der Waals surface area contributed by atoms with Gasteiger partial charge in [-0.05, 0) is 30.7 Å². The van der Waals surface area contributed by atoms with Crippen LogP contribution in [0.3, 0.4) is 0 Å². The number of imidazole rings is 1. The normalized spacial score (nSPS) is 11.4. The number of hydrogen-bond donors (Lipinski definition) is 0. The molecule has 2 heterocycles. The first-order chi connectivity index (χ1) is 11.9. The Kier molecular flexibility index (Phi) is 6.11. The number of furan rings is 1. The first-order valence-electron chi connectivity index (χ1n) is 9.39. The van der Waals surface area contributed by atoms with Crippen LogP contribution in [0.4, 0.5) is 0 Å². The summed E-state index contributed by atoms with van der Waals surface area (Å²) < 4.78 is 7.90. The van der Waals surface area contributed by atoms with Gasteiger partial charge in [-0.1, -0.05) is 64.0 Å². The van der Waals surface area contributed by atoms with Crippen molar-refractivity contribution in [3.8, 4) is 11.6 Å². The fourth-order valence-corrected chi connectivity index (χ4v) is 3.30. The van der Waals surface area contributed by atoms with E-state index in [0.717, 1.165) is 23.6 Å². The van der Waals surface area contributed by atoms with Gasteiger partial charge in [-0.25, -0.2) is 4.98 Å². The maximum Gasteiger partial charge on any atom is 0.177 e. The maximum atomic E-state index is 5.59. The highest BCUT2D eigenvalue weighted by atomic mass is 16.3. The zero-order valence-electron chi connectivity index (χ0n) is 14.7. The maximum absolute atomic E-state index is 5.59. The topological polar surface area (TPSA) is 31.0 Å². The third-order valence-corrected chi connectivity index (χ3v) is 4.63. The number of fused-ring (bicyclic) bond motifs is 1. The van der Waals surface area contributed by atoms with Gasteiger partial charge in [0.25, 0.3) is 0 Å². The summed E-state index contributed by atoms with van der Waals surface area (Å²) in [6.07, 6.45) is 12.4. The lowest BCUT2D eigenvalue weighted by molar-refractivity contribution is 0.540. The van der Waals surface area contributed by atoms with Gasteiger partial charge in [0.15, 0.2) is 11.6 Å². The van der Waals surface area contributed by atoms with Gasteiger partial charge in [0.05, 0.1) is 17.3 Å². The Morgan fingerprint density at radius 2 is 1.62 bits per heavy atom. The average Bonchev–Trinajstić information content (AvgIpc) is 3.25. The van der Waals surface area contributed by atoms with Crippen molar-refractivity contribution in [1.82, 2.24) is 9.55 Å². The molecular formula is C21H28N2O. The van der Waals surface area contributed by atoms with Crippen LogP contribution in [-0.2, 0) is 6.54 Å². The molecule has 24 heavy (non-hydrogen) atoms. The predicted molar refractivity (Wildman–Crippen MR) is 100 cm³/mol. The van der Waals surface area contributed by atoms with Gasteiger partial charge >= 0.3 is 0 Å². The minimum absolute atomic E-state index is 0.853. The Morgan fingerprint density at radius 3 is 2.38 bits per heavy atom. The Labute approximate surface area is 144 Å². The highest BCUT2D eigenvalue weighted by Crippen LogP contribution is 2.25. The Hall–Kier alpha value is -2.03. The van der Waals surface area contributed by atoms with E-state index in [-0.39, 0.29) is 0 Å². The SMILES string of the molecule is CCCCCCCCCCn1c(-c2ccco2)nc2ccccc21. The van der Waals surface area contributed by atoms with E-state index in [9.17, 15) is 0 Å². The smallest absolute Gasteiger partial charge is 0.177 e. The Balaban J connectivity index is 1.60. The van der Waals surface area contributed by atoms with E-state index >= 15 is 0 Å². The first-order valence-corrected chi connectivity index (χ1v) is 9.39. The molecule has 128 valence electrons. The first kappa shape index (κ1) is 16.8. The van der Waals surface area contributed by atoms with E-state index in [1.165, 1.54) is 56.9 Å². The van der Waals surface area contributed by atoms with Crippen molar-refractivity contribution in [2.75, 3.05) is 0 Å². The van der Waals surface area contributed by atoms with Crippen LogP contribution in [0.5, 0.6) is 0 Å². The molecule has 0 fully saturated rings. The second kappa shape index (κ2) is 8.72. The molecular weight excluding hydrogens is 296 g/mol. The summed E-state index contributed by atoms with van der Waals surface area (Å²) in [6.45, 7) is 3.28. The number of nitrogens with zero attached hydrogens (tertiary/aromatic N) is 2. The minimum atomic E-state index is 0.853. The number of aromatic nitrogens is 2. The van der Waals surface area contributed by atoms with Gasteiger partial charge in [0.1, 0.15) is 0 Å². The predicted octanol–water partition coefficient (Wildman–Crippen LogP) is 6.44. The van der Waals surface area contributed by atoms with E-state index in [0.29, 0.717) is 0 Å². The zero-order chi connectivity index (χ0) is 16.6. The molecule has 3 nitrogen and oxygen atoms in total. The van der Waals surface area contributed by atoms with Crippen molar-refractivity contribution in [2.45, 2.75) is 64.8 Å². The second-order valence-electron chi connectivity index (χ2n) is 6.53. The van der Waals surface area contributed by atoms with Gasteiger partial charge in [-0.2, -0.15) is 0 Å². The fourth-order valence-electron chi connectivity index (χ4n) is 3.30. The number of rotatable bonds is 10. The van der Waals surface area contributed by atoms with Crippen LogP contribution in [0.15, 0.2) is 47.1 Å².